The van der Waals surface area contributed by atoms with E-state index in [9.17, 15) is 18.0 Å². The molecule has 34 heavy (non-hydrogen) atoms. The fraction of sp³-hybridized carbons (Fsp3) is 0.261. The zero-order chi connectivity index (χ0) is 26.6. The van der Waals surface area contributed by atoms with Crippen LogP contribution in [0.25, 0.3) is 33.5 Å². The summed E-state index contributed by atoms with van der Waals surface area (Å²) < 4.78 is 69.9. The number of benzene rings is 1. The highest BCUT2D eigenvalue weighted by atomic mass is 19.4. The number of pyridine rings is 1. The quantitative estimate of drug-likeness (QED) is 0.464. The summed E-state index contributed by atoms with van der Waals surface area (Å²) >= 11 is 0. The number of ether oxygens (including phenoxy) is 1. The van der Waals surface area contributed by atoms with E-state index < -0.39 is 24.5 Å². The Morgan fingerprint density at radius 2 is 1.97 bits per heavy atom. The zero-order valence-corrected chi connectivity index (χ0v) is 17.7. The number of methoxy groups -OCH3 is 1. The SMILES string of the molecule is [2H]C([2H])([2H])n1cc(-c2ncnc3cc(OC)c(NC(=O)C4(C(F)(F)F)CC4)nc23)c(-c2ccccc2)n1. The largest absolute Gasteiger partial charge is 0.493 e. The van der Waals surface area contributed by atoms with E-state index in [1.165, 1.54) is 25.7 Å². The minimum absolute atomic E-state index is 0.00458. The van der Waals surface area contributed by atoms with Crippen LogP contribution in [0.4, 0.5) is 19.0 Å². The normalized spacial score (nSPS) is 16.4. The Morgan fingerprint density at radius 3 is 2.62 bits per heavy atom. The Hall–Kier alpha value is -4.02. The molecule has 1 amide bonds. The molecule has 1 saturated carbocycles. The van der Waals surface area contributed by atoms with Gasteiger partial charge in [0, 0.05) is 34.5 Å². The molecule has 1 fully saturated rings. The Labute approximate surface area is 196 Å². The van der Waals surface area contributed by atoms with Crippen molar-refractivity contribution in [2.75, 3.05) is 12.4 Å². The second-order valence-corrected chi connectivity index (χ2v) is 7.87. The van der Waals surface area contributed by atoms with Gasteiger partial charge < -0.3 is 10.1 Å². The highest BCUT2D eigenvalue weighted by Gasteiger charge is 2.68. The maximum atomic E-state index is 13.5. The number of hydrogen-bond donors (Lipinski definition) is 1. The average molecular weight is 471 g/mol. The number of aryl methyl sites for hydroxylation is 1. The third kappa shape index (κ3) is 3.53. The molecular weight excluding hydrogens is 449 g/mol. The van der Waals surface area contributed by atoms with Gasteiger partial charge >= 0.3 is 6.18 Å². The van der Waals surface area contributed by atoms with Crippen LogP contribution in [-0.4, -0.2) is 43.9 Å². The Kier molecular flexibility index (Phi) is 4.22. The second-order valence-electron chi connectivity index (χ2n) is 7.87. The van der Waals surface area contributed by atoms with Crippen LogP contribution < -0.4 is 10.1 Å². The molecule has 11 heteroatoms. The van der Waals surface area contributed by atoms with Crippen LogP contribution in [0.5, 0.6) is 5.75 Å². The first kappa shape index (κ1) is 18.4. The average Bonchev–Trinajstić information content (AvgIpc) is 3.56. The lowest BCUT2D eigenvalue weighted by atomic mass is 10.0. The number of alkyl halides is 3. The van der Waals surface area contributed by atoms with E-state index in [2.05, 4.69) is 25.4 Å². The molecule has 0 saturated heterocycles. The number of nitrogens with zero attached hydrogens (tertiary/aromatic N) is 5. The summed E-state index contributed by atoms with van der Waals surface area (Å²) in [6.45, 7) is -2.59. The number of rotatable bonds is 5. The first-order chi connectivity index (χ1) is 17.4. The predicted molar refractivity (Wildman–Crippen MR) is 118 cm³/mol. The number of carbonyl (C=O) groups is 1. The van der Waals surface area contributed by atoms with Gasteiger partial charge in [-0.15, -0.1) is 0 Å². The van der Waals surface area contributed by atoms with E-state index in [1.54, 1.807) is 30.3 Å². The van der Waals surface area contributed by atoms with Crippen molar-refractivity contribution in [3.05, 3.63) is 48.9 Å². The van der Waals surface area contributed by atoms with Gasteiger partial charge in [-0.3, -0.25) is 9.48 Å². The van der Waals surface area contributed by atoms with Crippen LogP contribution in [0, 0.1) is 5.41 Å². The Morgan fingerprint density at radius 1 is 1.21 bits per heavy atom. The smallest absolute Gasteiger partial charge is 0.403 e. The van der Waals surface area contributed by atoms with Gasteiger partial charge in [-0.1, -0.05) is 30.3 Å². The molecule has 0 spiro atoms. The van der Waals surface area contributed by atoms with Crippen molar-refractivity contribution in [2.24, 2.45) is 12.4 Å². The van der Waals surface area contributed by atoms with Crippen LogP contribution in [-0.2, 0) is 11.8 Å². The van der Waals surface area contributed by atoms with Gasteiger partial charge in [0.15, 0.2) is 11.6 Å². The van der Waals surface area contributed by atoms with Crippen LogP contribution in [0.2, 0.25) is 0 Å². The molecule has 3 heterocycles. The second kappa shape index (κ2) is 7.79. The molecule has 0 bridgehead atoms. The molecule has 1 N–H and O–H groups in total. The third-order valence-electron chi connectivity index (χ3n) is 5.77. The summed E-state index contributed by atoms with van der Waals surface area (Å²) in [5.41, 5.74) is -0.709. The molecule has 0 atom stereocenters. The lowest BCUT2D eigenvalue weighted by Crippen LogP contribution is -2.37. The van der Waals surface area contributed by atoms with Gasteiger partial charge in [0.1, 0.15) is 28.6 Å². The standard InChI is InChI=1S/C23H19F3N6O2/c1-32-11-14(17(31-32)13-6-4-3-5-7-13)18-19-15(27-12-28-18)10-16(34-2)20(29-19)30-21(33)22(8-9-22)23(24,25)26/h3-7,10-12H,8-9H2,1-2H3,(H,29,30,33)/i1D3. The van der Waals surface area contributed by atoms with Gasteiger partial charge in [0.2, 0.25) is 5.91 Å². The molecule has 5 rings (SSSR count). The van der Waals surface area contributed by atoms with Crippen molar-refractivity contribution in [1.29, 1.82) is 0 Å². The van der Waals surface area contributed by atoms with E-state index in [0.717, 1.165) is 4.68 Å². The van der Waals surface area contributed by atoms with E-state index in [1.807, 2.05) is 0 Å². The van der Waals surface area contributed by atoms with Crippen LogP contribution in [0.3, 0.4) is 0 Å². The maximum absolute atomic E-state index is 13.5. The van der Waals surface area contributed by atoms with Crippen LogP contribution >= 0.6 is 0 Å². The Bertz CT molecular complexity index is 1500. The topological polar surface area (TPSA) is 94.8 Å². The molecule has 0 aliphatic heterocycles. The predicted octanol–water partition coefficient (Wildman–Crippen LogP) is 4.38. The molecule has 0 radical (unpaired) electrons. The number of fused-ring (bicyclic) bond motifs is 1. The number of hydrogen-bond acceptors (Lipinski definition) is 6. The monoisotopic (exact) mass is 471 g/mol. The number of amides is 1. The van der Waals surface area contributed by atoms with Crippen molar-refractivity contribution in [3.63, 3.8) is 0 Å². The van der Waals surface area contributed by atoms with Gasteiger partial charge in [-0.2, -0.15) is 18.3 Å². The first-order valence-corrected chi connectivity index (χ1v) is 10.2. The molecule has 1 aliphatic rings. The fourth-order valence-corrected chi connectivity index (χ4v) is 3.76. The number of nitrogens with one attached hydrogen (secondary N) is 1. The number of carbonyl (C=O) groups excluding carboxylic acids is 1. The van der Waals surface area contributed by atoms with E-state index in [-0.39, 0.29) is 41.1 Å². The minimum atomic E-state index is -4.70. The Balaban J connectivity index is 1.67. The summed E-state index contributed by atoms with van der Waals surface area (Å²) in [4.78, 5) is 25.4. The van der Waals surface area contributed by atoms with Gasteiger partial charge in [-0.25, -0.2) is 15.0 Å². The summed E-state index contributed by atoms with van der Waals surface area (Å²) in [6, 6.07) is 10.2. The van der Waals surface area contributed by atoms with Gasteiger partial charge in [0.25, 0.3) is 0 Å². The molecule has 174 valence electrons. The lowest BCUT2D eigenvalue weighted by molar-refractivity contribution is -0.189. The number of halogens is 3. The summed E-state index contributed by atoms with van der Waals surface area (Å²) in [7, 11) is 1.28. The molecule has 1 aromatic carbocycles. The number of aromatic nitrogens is 5. The van der Waals surface area contributed by atoms with Crippen molar-refractivity contribution < 1.29 is 26.8 Å². The lowest BCUT2D eigenvalue weighted by Gasteiger charge is -2.19. The molecule has 8 nitrogen and oxygen atoms in total. The molecule has 1 aliphatic carbocycles. The van der Waals surface area contributed by atoms with Crippen LogP contribution in [0.15, 0.2) is 48.9 Å². The molecule has 4 aromatic rings. The third-order valence-corrected chi connectivity index (χ3v) is 5.77. The molecular formula is C23H19F3N6O2. The van der Waals surface area contributed by atoms with Gasteiger partial charge in [0.05, 0.1) is 12.6 Å². The number of anilines is 1. The first-order valence-electron chi connectivity index (χ1n) is 11.7. The molecule has 3 aromatic heterocycles. The highest BCUT2D eigenvalue weighted by Crippen LogP contribution is 2.58. The minimum Gasteiger partial charge on any atom is -0.493 e. The van der Waals surface area contributed by atoms with Crippen LogP contribution in [0.1, 0.15) is 17.0 Å². The van der Waals surface area contributed by atoms with Crippen molar-refractivity contribution in [3.8, 4) is 28.3 Å². The van der Waals surface area contributed by atoms with E-state index in [4.69, 9.17) is 8.85 Å². The van der Waals surface area contributed by atoms with E-state index in [0.29, 0.717) is 16.8 Å². The zero-order valence-electron chi connectivity index (χ0n) is 20.7. The van der Waals surface area contributed by atoms with Crippen molar-refractivity contribution >= 4 is 22.8 Å². The molecule has 0 unspecified atom stereocenters. The van der Waals surface area contributed by atoms with Crippen molar-refractivity contribution in [1.82, 2.24) is 24.7 Å². The van der Waals surface area contributed by atoms with Gasteiger partial charge in [-0.05, 0) is 12.8 Å². The fourth-order valence-electron chi connectivity index (χ4n) is 3.76. The highest BCUT2D eigenvalue weighted by molar-refractivity contribution is 6.00. The summed E-state index contributed by atoms with van der Waals surface area (Å²) in [5, 5.41) is 6.51. The maximum Gasteiger partial charge on any atom is 0.403 e. The summed E-state index contributed by atoms with van der Waals surface area (Å²) in [6.07, 6.45) is -2.81. The van der Waals surface area contributed by atoms with E-state index >= 15 is 0 Å². The van der Waals surface area contributed by atoms with Crippen molar-refractivity contribution in [2.45, 2.75) is 19.0 Å². The summed E-state index contributed by atoms with van der Waals surface area (Å²) in [5.74, 6) is -1.47.